The highest BCUT2D eigenvalue weighted by molar-refractivity contribution is 7.99. The lowest BCUT2D eigenvalue weighted by Crippen LogP contribution is -2.34. The fraction of sp³-hybridized carbons (Fsp3) is 0.250. The van der Waals surface area contributed by atoms with E-state index in [1.165, 1.54) is 4.68 Å². The summed E-state index contributed by atoms with van der Waals surface area (Å²) in [4.78, 5) is 24.4. The van der Waals surface area contributed by atoms with Gasteiger partial charge in [-0.25, -0.2) is 0 Å². The number of rotatable bonds is 7. The normalized spacial score (nSPS) is 10.7. The van der Waals surface area contributed by atoms with Crippen molar-refractivity contribution >= 4 is 40.9 Å². The van der Waals surface area contributed by atoms with Crippen LogP contribution in [-0.2, 0) is 9.59 Å². The maximum Gasteiger partial charge on any atom is 0.243 e. The van der Waals surface area contributed by atoms with Crippen LogP contribution in [0.15, 0.2) is 41.6 Å². The molecule has 156 valence electrons. The summed E-state index contributed by atoms with van der Waals surface area (Å²) in [6, 6.07) is 11.1. The number of aryl methyl sites for hydroxylation is 3. The van der Waals surface area contributed by atoms with Crippen molar-refractivity contribution in [3.63, 3.8) is 0 Å². The Morgan fingerprint density at radius 3 is 2.53 bits per heavy atom. The lowest BCUT2D eigenvalue weighted by atomic mass is 10.1. The number of thioether (sulfide) groups is 1. The number of nitrogens with zero attached hydrogens (tertiary/aromatic N) is 4. The van der Waals surface area contributed by atoms with Crippen LogP contribution in [-0.4, -0.2) is 44.3 Å². The molecule has 10 heteroatoms. The number of amides is 2. The average molecular weight is 445 g/mol. The summed E-state index contributed by atoms with van der Waals surface area (Å²) in [6.07, 6.45) is 0. The van der Waals surface area contributed by atoms with Gasteiger partial charge in [-0.1, -0.05) is 47.1 Å². The standard InChI is InChI=1S/C20H21ClN6O2S/c1-12-7-13(2)19(14(3)8-12)23-17(28)10-22-18(29)11-30-20-24-25-26-27(20)16-6-4-5-15(21)9-16/h4-9H,10-11H2,1-3H3,(H,22,29)(H,23,28). The van der Waals surface area contributed by atoms with E-state index in [0.717, 1.165) is 34.1 Å². The van der Waals surface area contributed by atoms with Crippen LogP contribution in [0.1, 0.15) is 16.7 Å². The van der Waals surface area contributed by atoms with E-state index in [2.05, 4.69) is 26.2 Å². The van der Waals surface area contributed by atoms with Crippen LogP contribution in [0, 0.1) is 20.8 Å². The topological polar surface area (TPSA) is 102 Å². The van der Waals surface area contributed by atoms with E-state index >= 15 is 0 Å². The summed E-state index contributed by atoms with van der Waals surface area (Å²) in [5, 5.41) is 18.0. The molecule has 0 saturated carbocycles. The molecule has 1 heterocycles. The van der Waals surface area contributed by atoms with E-state index in [9.17, 15) is 9.59 Å². The van der Waals surface area contributed by atoms with Gasteiger partial charge in [-0.15, -0.1) is 5.10 Å². The molecule has 3 rings (SSSR count). The number of nitrogens with one attached hydrogen (secondary N) is 2. The van der Waals surface area contributed by atoms with Crippen LogP contribution in [0.5, 0.6) is 0 Å². The van der Waals surface area contributed by atoms with Gasteiger partial charge in [0.1, 0.15) is 0 Å². The number of tetrazole rings is 1. The molecule has 0 unspecified atom stereocenters. The third-order valence-electron chi connectivity index (χ3n) is 4.21. The van der Waals surface area contributed by atoms with E-state index in [0.29, 0.717) is 15.9 Å². The lowest BCUT2D eigenvalue weighted by molar-refractivity contribution is -0.122. The van der Waals surface area contributed by atoms with E-state index < -0.39 is 0 Å². The number of anilines is 1. The molecule has 0 aliphatic heterocycles. The first-order valence-corrected chi connectivity index (χ1v) is 10.5. The summed E-state index contributed by atoms with van der Waals surface area (Å²) in [7, 11) is 0. The number of aromatic nitrogens is 4. The van der Waals surface area contributed by atoms with E-state index in [4.69, 9.17) is 11.6 Å². The Labute approximate surface area is 183 Å². The van der Waals surface area contributed by atoms with Crippen molar-refractivity contribution < 1.29 is 9.59 Å². The van der Waals surface area contributed by atoms with Gasteiger partial charge in [0, 0.05) is 10.7 Å². The van der Waals surface area contributed by atoms with Gasteiger partial charge in [0.15, 0.2) is 0 Å². The molecule has 0 atom stereocenters. The summed E-state index contributed by atoms with van der Waals surface area (Å²) >= 11 is 7.17. The van der Waals surface area contributed by atoms with Crippen LogP contribution >= 0.6 is 23.4 Å². The van der Waals surface area contributed by atoms with Gasteiger partial charge in [-0.2, -0.15) is 4.68 Å². The van der Waals surface area contributed by atoms with Gasteiger partial charge in [-0.05, 0) is 60.5 Å². The number of hydrogen-bond donors (Lipinski definition) is 2. The molecule has 1 aromatic heterocycles. The fourth-order valence-corrected chi connectivity index (χ4v) is 3.86. The van der Waals surface area contributed by atoms with Gasteiger partial charge in [0.05, 0.1) is 18.0 Å². The van der Waals surface area contributed by atoms with E-state index in [1.54, 1.807) is 18.2 Å². The Morgan fingerprint density at radius 1 is 1.10 bits per heavy atom. The lowest BCUT2D eigenvalue weighted by Gasteiger charge is -2.13. The molecule has 2 aromatic carbocycles. The first kappa shape index (κ1) is 21.8. The highest BCUT2D eigenvalue weighted by Gasteiger charge is 2.13. The number of carbonyl (C=O) groups is 2. The molecule has 2 N–H and O–H groups in total. The number of benzene rings is 2. The molecular formula is C20H21ClN6O2S. The zero-order chi connectivity index (χ0) is 21.7. The Morgan fingerprint density at radius 2 is 1.83 bits per heavy atom. The summed E-state index contributed by atoms with van der Waals surface area (Å²) in [6.45, 7) is 5.77. The third kappa shape index (κ3) is 5.58. The second-order valence-corrected chi connectivity index (χ2v) is 8.12. The van der Waals surface area contributed by atoms with Gasteiger partial charge in [-0.3, -0.25) is 9.59 Å². The second-order valence-electron chi connectivity index (χ2n) is 6.74. The molecule has 8 nitrogen and oxygen atoms in total. The van der Waals surface area contributed by atoms with Gasteiger partial charge in [0.2, 0.25) is 17.0 Å². The van der Waals surface area contributed by atoms with Crippen molar-refractivity contribution in [2.45, 2.75) is 25.9 Å². The fourth-order valence-electron chi connectivity index (χ4n) is 2.96. The molecule has 3 aromatic rings. The highest BCUT2D eigenvalue weighted by atomic mass is 35.5. The van der Waals surface area contributed by atoms with Crippen molar-refractivity contribution in [2.75, 3.05) is 17.6 Å². The van der Waals surface area contributed by atoms with E-state index in [1.807, 2.05) is 39.0 Å². The minimum Gasteiger partial charge on any atom is -0.346 e. The summed E-state index contributed by atoms with van der Waals surface area (Å²) in [5.41, 5.74) is 4.56. The van der Waals surface area contributed by atoms with Crippen molar-refractivity contribution in [3.8, 4) is 5.69 Å². The molecule has 30 heavy (non-hydrogen) atoms. The quantitative estimate of drug-likeness (QED) is 0.543. The summed E-state index contributed by atoms with van der Waals surface area (Å²) < 4.78 is 1.50. The minimum atomic E-state index is -0.298. The predicted molar refractivity (Wildman–Crippen MR) is 117 cm³/mol. The van der Waals surface area contributed by atoms with Crippen LogP contribution in [0.4, 0.5) is 5.69 Å². The monoisotopic (exact) mass is 444 g/mol. The molecule has 0 aliphatic rings. The largest absolute Gasteiger partial charge is 0.346 e. The minimum absolute atomic E-state index is 0.0663. The van der Waals surface area contributed by atoms with Crippen molar-refractivity contribution in [3.05, 3.63) is 58.1 Å². The maximum absolute atomic E-state index is 12.2. The number of halogens is 1. The molecule has 0 spiro atoms. The molecule has 0 radical (unpaired) electrons. The van der Waals surface area contributed by atoms with Crippen LogP contribution < -0.4 is 10.6 Å². The SMILES string of the molecule is Cc1cc(C)c(NC(=O)CNC(=O)CSc2nnnn2-c2cccc(Cl)c2)c(C)c1. The Balaban J connectivity index is 1.52. The van der Waals surface area contributed by atoms with Crippen LogP contribution in [0.2, 0.25) is 5.02 Å². The average Bonchev–Trinajstić information content (AvgIpc) is 3.16. The molecule has 0 fully saturated rings. The van der Waals surface area contributed by atoms with Gasteiger partial charge in [0.25, 0.3) is 0 Å². The molecule has 0 bridgehead atoms. The van der Waals surface area contributed by atoms with Crippen molar-refractivity contribution in [1.29, 1.82) is 0 Å². The van der Waals surface area contributed by atoms with Gasteiger partial charge >= 0.3 is 0 Å². The van der Waals surface area contributed by atoms with Gasteiger partial charge < -0.3 is 10.6 Å². The van der Waals surface area contributed by atoms with Crippen molar-refractivity contribution in [1.82, 2.24) is 25.5 Å². The number of hydrogen-bond acceptors (Lipinski definition) is 6. The Kier molecular flexibility index (Phi) is 7.07. The first-order chi connectivity index (χ1) is 14.3. The van der Waals surface area contributed by atoms with Crippen LogP contribution in [0.3, 0.4) is 0 Å². The third-order valence-corrected chi connectivity index (χ3v) is 5.37. The molecule has 2 amide bonds. The second kappa shape index (κ2) is 9.73. The summed E-state index contributed by atoms with van der Waals surface area (Å²) in [5.74, 6) is -0.517. The Bertz CT molecular complexity index is 1060. The molecule has 0 aliphatic carbocycles. The molecular weight excluding hydrogens is 424 g/mol. The predicted octanol–water partition coefficient (Wildman–Crippen LogP) is 3.09. The smallest absolute Gasteiger partial charge is 0.243 e. The van der Waals surface area contributed by atoms with E-state index in [-0.39, 0.29) is 24.1 Å². The Hall–Kier alpha value is -2.91. The molecule has 0 saturated heterocycles. The van der Waals surface area contributed by atoms with Crippen molar-refractivity contribution in [2.24, 2.45) is 0 Å². The van der Waals surface area contributed by atoms with Crippen LogP contribution in [0.25, 0.3) is 5.69 Å². The zero-order valence-corrected chi connectivity index (χ0v) is 18.3. The maximum atomic E-state index is 12.2. The zero-order valence-electron chi connectivity index (χ0n) is 16.8. The number of carbonyl (C=O) groups excluding carboxylic acids is 2. The highest BCUT2D eigenvalue weighted by Crippen LogP contribution is 2.22. The first-order valence-electron chi connectivity index (χ1n) is 9.15.